The lowest BCUT2D eigenvalue weighted by Crippen LogP contribution is -2.36. The second-order valence-electron chi connectivity index (χ2n) is 4.59. The van der Waals surface area contributed by atoms with Crippen molar-refractivity contribution in [3.05, 3.63) is 46.1 Å². The van der Waals surface area contributed by atoms with Crippen molar-refractivity contribution < 1.29 is 18.3 Å². The number of carbonyl (C=O) groups excluding carboxylic acids is 1. The minimum Gasteiger partial charge on any atom is -0.505 e. The van der Waals surface area contributed by atoms with Crippen LogP contribution in [0.3, 0.4) is 0 Å². The first-order valence-electron chi connectivity index (χ1n) is 6.26. The van der Waals surface area contributed by atoms with Crippen LogP contribution in [0.5, 0.6) is 0 Å². The lowest BCUT2D eigenvalue weighted by atomic mass is 10.2. The van der Waals surface area contributed by atoms with Crippen molar-refractivity contribution in [3.63, 3.8) is 0 Å². The third-order valence-electron chi connectivity index (χ3n) is 3.18. The Morgan fingerprint density at radius 3 is 2.83 bits per heavy atom. The van der Waals surface area contributed by atoms with Crippen molar-refractivity contribution in [2.45, 2.75) is 4.21 Å². The number of hydrogen-bond acceptors (Lipinski definition) is 6. The number of likely N-dealkylation sites (N-methyl/N-ethyl adjacent to an activating group) is 1. The van der Waals surface area contributed by atoms with Crippen LogP contribution in [-0.4, -0.2) is 35.8 Å². The topological polar surface area (TPSA) is 99.6 Å². The van der Waals surface area contributed by atoms with E-state index in [-0.39, 0.29) is 19.9 Å². The molecular weight excluding hydrogens is 362 g/mol. The second-order valence-corrected chi connectivity index (χ2v) is 8.44. The fourth-order valence-electron chi connectivity index (χ4n) is 2.09. The van der Waals surface area contributed by atoms with E-state index in [2.05, 4.69) is 10.3 Å². The summed E-state index contributed by atoms with van der Waals surface area (Å²) in [6, 6.07) is 6.19. The van der Waals surface area contributed by atoms with E-state index in [1.54, 1.807) is 18.2 Å². The molecule has 10 heteroatoms. The smallest absolute Gasteiger partial charge is 0.277 e. The van der Waals surface area contributed by atoms with Crippen molar-refractivity contribution in [1.29, 1.82) is 0 Å². The fourth-order valence-corrected chi connectivity index (χ4v) is 5.30. The van der Waals surface area contributed by atoms with E-state index in [1.807, 2.05) is 0 Å². The fraction of sp³-hybridized carbons (Fsp3) is 0.0769. The molecule has 0 bridgehead atoms. The van der Waals surface area contributed by atoms with Gasteiger partial charge in [0.25, 0.3) is 15.9 Å². The third kappa shape index (κ3) is 2.56. The van der Waals surface area contributed by atoms with Crippen LogP contribution in [0.15, 0.2) is 40.4 Å². The van der Waals surface area contributed by atoms with E-state index in [0.717, 1.165) is 15.6 Å². The van der Waals surface area contributed by atoms with Gasteiger partial charge in [-0.1, -0.05) is 17.7 Å². The van der Waals surface area contributed by atoms with Crippen molar-refractivity contribution in [3.8, 4) is 0 Å². The number of rotatable bonds is 2. The molecular formula is C13H10ClN3O4S2. The summed E-state index contributed by atoms with van der Waals surface area (Å²) in [4.78, 5) is 16.3. The SMILES string of the molecule is CN1C(C(=O)Nc2ccccn2)=C(O)c2cc(Cl)sc2S1(=O)=O. The average molecular weight is 372 g/mol. The number of anilines is 1. The summed E-state index contributed by atoms with van der Waals surface area (Å²) < 4.78 is 25.8. The van der Waals surface area contributed by atoms with Gasteiger partial charge in [0.2, 0.25) is 0 Å². The minimum atomic E-state index is -3.95. The van der Waals surface area contributed by atoms with Crippen molar-refractivity contribution in [1.82, 2.24) is 9.29 Å². The molecule has 0 aromatic carbocycles. The number of nitrogens with one attached hydrogen (secondary N) is 1. The zero-order valence-electron chi connectivity index (χ0n) is 11.6. The molecule has 0 radical (unpaired) electrons. The maximum absolute atomic E-state index is 12.5. The first-order valence-corrected chi connectivity index (χ1v) is 8.90. The number of aromatic nitrogens is 1. The molecule has 0 unspecified atom stereocenters. The highest BCUT2D eigenvalue weighted by atomic mass is 35.5. The first-order chi connectivity index (χ1) is 10.8. The van der Waals surface area contributed by atoms with Gasteiger partial charge in [0.15, 0.2) is 15.7 Å². The van der Waals surface area contributed by atoms with Crippen LogP contribution in [0, 0.1) is 0 Å². The van der Waals surface area contributed by atoms with Gasteiger partial charge in [0, 0.05) is 13.2 Å². The van der Waals surface area contributed by atoms with Gasteiger partial charge in [-0.05, 0) is 18.2 Å². The zero-order valence-corrected chi connectivity index (χ0v) is 14.0. The number of nitrogens with zero attached hydrogens (tertiary/aromatic N) is 2. The number of thiophene rings is 1. The number of aliphatic hydroxyl groups excluding tert-OH is 1. The largest absolute Gasteiger partial charge is 0.505 e. The molecule has 3 rings (SSSR count). The lowest BCUT2D eigenvalue weighted by Gasteiger charge is -2.26. The summed E-state index contributed by atoms with van der Waals surface area (Å²) >= 11 is 6.66. The number of aliphatic hydroxyl groups is 1. The Balaban J connectivity index is 2.09. The van der Waals surface area contributed by atoms with Crippen LogP contribution in [0.1, 0.15) is 5.56 Å². The Morgan fingerprint density at radius 2 is 2.17 bits per heavy atom. The normalized spacial score (nSPS) is 16.2. The highest BCUT2D eigenvalue weighted by Crippen LogP contribution is 2.41. The number of carbonyl (C=O) groups is 1. The molecule has 2 N–H and O–H groups in total. The van der Waals surface area contributed by atoms with E-state index in [1.165, 1.54) is 19.3 Å². The highest BCUT2D eigenvalue weighted by molar-refractivity contribution is 7.91. The highest BCUT2D eigenvalue weighted by Gasteiger charge is 2.39. The predicted octanol–water partition coefficient (Wildman–Crippen LogP) is 2.30. The van der Waals surface area contributed by atoms with Gasteiger partial charge in [0.1, 0.15) is 5.82 Å². The summed E-state index contributed by atoms with van der Waals surface area (Å²) in [5.74, 6) is -1.01. The number of sulfonamides is 1. The second kappa shape index (κ2) is 5.52. The number of pyridine rings is 1. The van der Waals surface area contributed by atoms with Gasteiger partial charge in [-0.2, -0.15) is 0 Å². The van der Waals surface area contributed by atoms with Crippen LogP contribution in [0.25, 0.3) is 5.76 Å². The first kappa shape index (κ1) is 15.8. The van der Waals surface area contributed by atoms with Gasteiger partial charge in [-0.15, -0.1) is 11.3 Å². The Morgan fingerprint density at radius 1 is 1.43 bits per heavy atom. The molecule has 23 heavy (non-hydrogen) atoms. The number of halogens is 1. The number of hydrogen-bond donors (Lipinski definition) is 2. The molecule has 2 aromatic rings. The molecule has 1 amide bonds. The molecule has 1 aliphatic heterocycles. The van der Waals surface area contributed by atoms with Gasteiger partial charge in [0.05, 0.1) is 9.90 Å². The standard InChI is InChI=1S/C13H10ClN3O4S2/c1-17-10(12(19)16-9-4-2-3-5-15-9)11(18)7-6-8(14)22-13(7)23(17,20)21/h2-6,18H,1H3,(H,15,16,19). The lowest BCUT2D eigenvalue weighted by molar-refractivity contribution is -0.113. The van der Waals surface area contributed by atoms with Crippen LogP contribution in [-0.2, 0) is 14.8 Å². The van der Waals surface area contributed by atoms with Crippen molar-refractivity contribution in [2.75, 3.05) is 12.4 Å². The van der Waals surface area contributed by atoms with Gasteiger partial charge < -0.3 is 10.4 Å². The van der Waals surface area contributed by atoms with E-state index in [4.69, 9.17) is 11.6 Å². The maximum atomic E-state index is 12.5. The maximum Gasteiger partial charge on any atom is 0.277 e. The van der Waals surface area contributed by atoms with Gasteiger partial charge in [-0.3, -0.25) is 9.10 Å². The molecule has 2 aromatic heterocycles. The van der Waals surface area contributed by atoms with E-state index in [0.29, 0.717) is 0 Å². The zero-order chi connectivity index (χ0) is 16.8. The quantitative estimate of drug-likeness (QED) is 0.843. The van der Waals surface area contributed by atoms with E-state index in [9.17, 15) is 18.3 Å². The van der Waals surface area contributed by atoms with Crippen molar-refractivity contribution >= 4 is 50.4 Å². The molecule has 0 saturated heterocycles. The van der Waals surface area contributed by atoms with Crippen LogP contribution >= 0.6 is 22.9 Å². The monoisotopic (exact) mass is 371 g/mol. The average Bonchev–Trinajstić information content (AvgIpc) is 2.90. The molecule has 7 nitrogen and oxygen atoms in total. The molecule has 1 aliphatic rings. The van der Waals surface area contributed by atoms with Crippen LogP contribution in [0.4, 0.5) is 5.82 Å². The predicted molar refractivity (Wildman–Crippen MR) is 86.7 cm³/mol. The Kier molecular flexibility index (Phi) is 3.78. The Labute approximate surface area is 140 Å². The van der Waals surface area contributed by atoms with Crippen LogP contribution < -0.4 is 5.32 Å². The van der Waals surface area contributed by atoms with E-state index < -0.39 is 27.4 Å². The Hall–Kier alpha value is -2.10. The molecule has 3 heterocycles. The molecule has 0 fully saturated rings. The third-order valence-corrected chi connectivity index (χ3v) is 6.71. The van der Waals surface area contributed by atoms with E-state index >= 15 is 0 Å². The molecule has 0 atom stereocenters. The van der Waals surface area contributed by atoms with Crippen LogP contribution in [0.2, 0.25) is 4.34 Å². The Bertz CT molecular complexity index is 922. The van der Waals surface area contributed by atoms with Crippen molar-refractivity contribution in [2.24, 2.45) is 0 Å². The summed E-state index contributed by atoms with van der Waals surface area (Å²) in [5, 5.41) is 12.8. The number of amides is 1. The molecule has 0 saturated carbocycles. The molecule has 120 valence electrons. The molecule has 0 aliphatic carbocycles. The van der Waals surface area contributed by atoms with Gasteiger partial charge in [-0.25, -0.2) is 13.4 Å². The minimum absolute atomic E-state index is 0.0178. The summed E-state index contributed by atoms with van der Waals surface area (Å²) in [7, 11) is -2.76. The number of fused-ring (bicyclic) bond motifs is 1. The van der Waals surface area contributed by atoms with Gasteiger partial charge >= 0.3 is 0 Å². The summed E-state index contributed by atoms with van der Waals surface area (Å²) in [6.07, 6.45) is 1.47. The summed E-state index contributed by atoms with van der Waals surface area (Å²) in [6.45, 7) is 0. The summed E-state index contributed by atoms with van der Waals surface area (Å²) in [5.41, 5.74) is -0.373. The molecule has 0 spiro atoms.